The largest absolute Gasteiger partial charge is 0.334 e. The summed E-state index contributed by atoms with van der Waals surface area (Å²) in [6, 6.07) is 2.24. The van der Waals surface area contributed by atoms with Gasteiger partial charge in [-0.1, -0.05) is 19.3 Å². The average Bonchev–Trinajstić information content (AvgIpc) is 3.09. The smallest absolute Gasteiger partial charge is 0.226 e. The maximum absolute atomic E-state index is 12.6. The van der Waals surface area contributed by atoms with E-state index >= 15 is 0 Å². The second-order valence-corrected chi connectivity index (χ2v) is 5.54. The number of hydrogen-bond donors (Lipinski definition) is 1. The van der Waals surface area contributed by atoms with Gasteiger partial charge >= 0.3 is 0 Å². The van der Waals surface area contributed by atoms with Crippen molar-refractivity contribution in [2.45, 2.75) is 51.0 Å². The van der Waals surface area contributed by atoms with E-state index in [1.807, 2.05) is 6.07 Å². The second kappa shape index (κ2) is 5.12. The SMILES string of the molecule is O=C(C1CCCCC1)N1CCC[C@H]1c1ccn[nH]1. The van der Waals surface area contributed by atoms with Gasteiger partial charge in [0, 0.05) is 18.7 Å². The molecule has 0 unspecified atom stereocenters. The lowest BCUT2D eigenvalue weighted by molar-refractivity contribution is -0.137. The number of carbonyl (C=O) groups is 1. The molecule has 98 valence electrons. The summed E-state index contributed by atoms with van der Waals surface area (Å²) in [4.78, 5) is 14.7. The number of amides is 1. The van der Waals surface area contributed by atoms with E-state index < -0.39 is 0 Å². The molecule has 0 aromatic carbocycles. The van der Waals surface area contributed by atoms with Crippen molar-refractivity contribution in [1.29, 1.82) is 0 Å². The third-order valence-corrected chi connectivity index (χ3v) is 4.37. The van der Waals surface area contributed by atoms with Gasteiger partial charge in [-0.05, 0) is 31.7 Å². The molecule has 1 atom stereocenters. The molecule has 0 spiro atoms. The number of nitrogens with one attached hydrogen (secondary N) is 1. The van der Waals surface area contributed by atoms with E-state index in [-0.39, 0.29) is 12.0 Å². The van der Waals surface area contributed by atoms with Crippen molar-refractivity contribution in [3.05, 3.63) is 18.0 Å². The Kier molecular flexibility index (Phi) is 3.35. The number of H-pyrrole nitrogens is 1. The number of likely N-dealkylation sites (tertiary alicyclic amines) is 1. The molecule has 0 radical (unpaired) electrons. The Hall–Kier alpha value is -1.32. The zero-order valence-corrected chi connectivity index (χ0v) is 10.8. The molecule has 3 rings (SSSR count). The quantitative estimate of drug-likeness (QED) is 0.873. The topological polar surface area (TPSA) is 49.0 Å². The van der Waals surface area contributed by atoms with Gasteiger partial charge in [0.25, 0.3) is 0 Å². The number of nitrogens with zero attached hydrogens (tertiary/aromatic N) is 2. The highest BCUT2D eigenvalue weighted by atomic mass is 16.2. The van der Waals surface area contributed by atoms with Gasteiger partial charge in [-0.15, -0.1) is 0 Å². The predicted molar refractivity (Wildman–Crippen MR) is 68.9 cm³/mol. The number of hydrogen-bond acceptors (Lipinski definition) is 2. The summed E-state index contributed by atoms with van der Waals surface area (Å²) in [6.45, 7) is 0.916. The summed E-state index contributed by atoms with van der Waals surface area (Å²) in [6.07, 6.45) is 9.88. The molecular formula is C14H21N3O. The summed E-state index contributed by atoms with van der Waals surface area (Å²) in [5.74, 6) is 0.661. The Bertz CT molecular complexity index is 395. The first-order valence-electron chi connectivity index (χ1n) is 7.16. The molecular weight excluding hydrogens is 226 g/mol. The second-order valence-electron chi connectivity index (χ2n) is 5.54. The predicted octanol–water partition coefficient (Wildman–Crippen LogP) is 2.65. The van der Waals surface area contributed by atoms with Crippen LogP contribution in [0.25, 0.3) is 0 Å². The molecule has 1 aromatic rings. The molecule has 0 bridgehead atoms. The maximum atomic E-state index is 12.6. The zero-order valence-electron chi connectivity index (χ0n) is 10.8. The van der Waals surface area contributed by atoms with Crippen molar-refractivity contribution in [3.63, 3.8) is 0 Å². The molecule has 1 N–H and O–H groups in total. The summed E-state index contributed by atoms with van der Waals surface area (Å²) >= 11 is 0. The number of aromatic amines is 1. The fourth-order valence-corrected chi connectivity index (χ4v) is 3.39. The van der Waals surface area contributed by atoms with E-state index in [0.717, 1.165) is 37.9 Å². The first-order chi connectivity index (χ1) is 8.86. The van der Waals surface area contributed by atoms with E-state index in [9.17, 15) is 4.79 Å². The molecule has 1 aromatic heterocycles. The Labute approximate surface area is 108 Å². The molecule has 2 aliphatic rings. The third-order valence-electron chi connectivity index (χ3n) is 4.37. The van der Waals surface area contributed by atoms with Crippen LogP contribution in [0.1, 0.15) is 56.7 Å². The van der Waals surface area contributed by atoms with Gasteiger partial charge in [-0.25, -0.2) is 0 Å². The zero-order chi connectivity index (χ0) is 12.4. The van der Waals surface area contributed by atoms with Crippen LogP contribution < -0.4 is 0 Å². The molecule has 1 saturated heterocycles. The van der Waals surface area contributed by atoms with Gasteiger partial charge < -0.3 is 4.90 Å². The number of rotatable bonds is 2. The van der Waals surface area contributed by atoms with Crippen LogP contribution in [0, 0.1) is 5.92 Å². The van der Waals surface area contributed by atoms with Crippen molar-refractivity contribution in [3.8, 4) is 0 Å². The fraction of sp³-hybridized carbons (Fsp3) is 0.714. The number of aromatic nitrogens is 2. The summed E-state index contributed by atoms with van der Waals surface area (Å²) < 4.78 is 0. The lowest BCUT2D eigenvalue weighted by Crippen LogP contribution is -2.36. The van der Waals surface area contributed by atoms with Crippen molar-refractivity contribution in [2.24, 2.45) is 5.92 Å². The fourth-order valence-electron chi connectivity index (χ4n) is 3.39. The van der Waals surface area contributed by atoms with Crippen molar-refractivity contribution < 1.29 is 4.79 Å². The average molecular weight is 247 g/mol. The highest BCUT2D eigenvalue weighted by Crippen LogP contribution is 2.34. The van der Waals surface area contributed by atoms with E-state index in [4.69, 9.17) is 0 Å². The summed E-state index contributed by atoms with van der Waals surface area (Å²) in [5.41, 5.74) is 1.09. The Morgan fingerprint density at radius 1 is 1.22 bits per heavy atom. The Morgan fingerprint density at radius 3 is 2.78 bits per heavy atom. The minimum atomic E-state index is 0.238. The van der Waals surface area contributed by atoms with E-state index in [2.05, 4.69) is 15.1 Å². The standard InChI is InChI=1S/C14H21N3O/c18-14(11-5-2-1-3-6-11)17-10-4-7-13(17)12-8-9-15-16-12/h8-9,11,13H,1-7,10H2,(H,15,16)/t13-/m0/s1. The van der Waals surface area contributed by atoms with Crippen molar-refractivity contribution in [1.82, 2.24) is 15.1 Å². The molecule has 18 heavy (non-hydrogen) atoms. The van der Waals surface area contributed by atoms with Gasteiger partial charge in [-0.2, -0.15) is 5.10 Å². The van der Waals surface area contributed by atoms with Crippen LogP contribution in [0.4, 0.5) is 0 Å². The molecule has 1 amide bonds. The van der Waals surface area contributed by atoms with Crippen molar-refractivity contribution in [2.75, 3.05) is 6.54 Å². The van der Waals surface area contributed by atoms with Crippen LogP contribution in [0.15, 0.2) is 12.3 Å². The Morgan fingerprint density at radius 2 is 2.06 bits per heavy atom. The molecule has 1 aliphatic heterocycles. The molecule has 4 nitrogen and oxygen atoms in total. The van der Waals surface area contributed by atoms with Crippen LogP contribution in [-0.4, -0.2) is 27.5 Å². The van der Waals surface area contributed by atoms with E-state index in [0.29, 0.717) is 5.91 Å². The lowest BCUT2D eigenvalue weighted by atomic mass is 9.88. The monoisotopic (exact) mass is 247 g/mol. The molecule has 2 heterocycles. The van der Waals surface area contributed by atoms with Gasteiger partial charge in [-0.3, -0.25) is 9.89 Å². The van der Waals surface area contributed by atoms with Crippen LogP contribution in [0.3, 0.4) is 0 Å². The van der Waals surface area contributed by atoms with Crippen LogP contribution in [0.2, 0.25) is 0 Å². The minimum Gasteiger partial charge on any atom is -0.334 e. The van der Waals surface area contributed by atoms with Gasteiger partial charge in [0.15, 0.2) is 0 Å². The van der Waals surface area contributed by atoms with Gasteiger partial charge in [0.05, 0.1) is 11.7 Å². The minimum absolute atomic E-state index is 0.238. The van der Waals surface area contributed by atoms with Crippen LogP contribution >= 0.6 is 0 Å². The molecule has 4 heteroatoms. The summed E-state index contributed by atoms with van der Waals surface area (Å²) in [5, 5.41) is 7.03. The normalized spacial score (nSPS) is 25.6. The van der Waals surface area contributed by atoms with Crippen LogP contribution in [-0.2, 0) is 4.79 Å². The Balaban J connectivity index is 1.72. The first-order valence-corrected chi connectivity index (χ1v) is 7.16. The molecule has 1 saturated carbocycles. The highest BCUT2D eigenvalue weighted by Gasteiger charge is 2.34. The third kappa shape index (κ3) is 2.16. The lowest BCUT2D eigenvalue weighted by Gasteiger charge is -2.30. The van der Waals surface area contributed by atoms with Crippen LogP contribution in [0.5, 0.6) is 0 Å². The summed E-state index contributed by atoms with van der Waals surface area (Å²) in [7, 11) is 0. The first kappa shape index (κ1) is 11.8. The molecule has 2 fully saturated rings. The van der Waals surface area contributed by atoms with Gasteiger partial charge in [0.2, 0.25) is 5.91 Å². The number of carbonyl (C=O) groups excluding carboxylic acids is 1. The van der Waals surface area contributed by atoms with Gasteiger partial charge in [0.1, 0.15) is 0 Å². The maximum Gasteiger partial charge on any atom is 0.226 e. The van der Waals surface area contributed by atoms with E-state index in [1.54, 1.807) is 6.20 Å². The van der Waals surface area contributed by atoms with Crippen molar-refractivity contribution >= 4 is 5.91 Å². The molecule has 1 aliphatic carbocycles. The highest BCUT2D eigenvalue weighted by molar-refractivity contribution is 5.79. The van der Waals surface area contributed by atoms with E-state index in [1.165, 1.54) is 19.3 Å².